The molecule has 0 spiro atoms. The minimum Gasteiger partial charge on any atom is -0.506 e. The first-order chi connectivity index (χ1) is 13.2. The fourth-order valence-corrected chi connectivity index (χ4v) is 2.97. The molecule has 0 atom stereocenters. The normalized spacial score (nSPS) is 11.8. The van der Waals surface area contributed by atoms with E-state index in [0.717, 1.165) is 5.56 Å². The van der Waals surface area contributed by atoms with Crippen molar-refractivity contribution in [3.8, 4) is 5.75 Å². The highest BCUT2D eigenvalue weighted by atomic mass is 16.3. The van der Waals surface area contributed by atoms with Gasteiger partial charge in [0, 0.05) is 12.4 Å². The molecule has 4 rings (SSSR count). The second-order valence-corrected chi connectivity index (χ2v) is 5.99. The quantitative estimate of drug-likeness (QED) is 0.539. The first-order valence-electron chi connectivity index (χ1n) is 8.30. The van der Waals surface area contributed by atoms with E-state index in [1.165, 1.54) is 4.57 Å². The van der Waals surface area contributed by atoms with E-state index in [4.69, 9.17) is 0 Å². The average molecular weight is 360 g/mol. The van der Waals surface area contributed by atoms with Gasteiger partial charge in [0.15, 0.2) is 0 Å². The molecule has 8 heteroatoms. The number of aryl methyl sites for hydroxylation is 1. The summed E-state index contributed by atoms with van der Waals surface area (Å²) in [6.45, 7) is 0.306. The standard InChI is InChI=1S/C19H16N6O2/c1-25-14-10-6-5-9-13(14)17(26)15(19(25)27)16(18-21-23-24-22-18)20-11-12-7-3-2-4-8-12/h2-10,26H,11H2,1H3,(H,21,22,23,24). The van der Waals surface area contributed by atoms with Gasteiger partial charge in [-0.2, -0.15) is 5.21 Å². The zero-order valence-corrected chi connectivity index (χ0v) is 14.5. The molecule has 4 aromatic rings. The fourth-order valence-electron chi connectivity index (χ4n) is 2.97. The minimum absolute atomic E-state index is 0.0496. The number of nitrogens with one attached hydrogen (secondary N) is 1. The highest BCUT2D eigenvalue weighted by molar-refractivity contribution is 6.14. The Bertz CT molecular complexity index is 1180. The molecule has 0 radical (unpaired) electrons. The van der Waals surface area contributed by atoms with Crippen LogP contribution in [0.25, 0.3) is 10.9 Å². The number of aromatic amines is 1. The SMILES string of the molecule is Cn1c(=O)c(C(=NCc2ccccc2)c2nn[nH]n2)c(O)c2ccccc21. The number of aromatic hydroxyl groups is 1. The summed E-state index contributed by atoms with van der Waals surface area (Å²) in [4.78, 5) is 17.5. The Morgan fingerprint density at radius 1 is 1.15 bits per heavy atom. The maximum Gasteiger partial charge on any atom is 0.264 e. The smallest absolute Gasteiger partial charge is 0.264 e. The molecule has 134 valence electrons. The Labute approximate surface area is 153 Å². The maximum absolute atomic E-state index is 13.0. The van der Waals surface area contributed by atoms with Crippen molar-refractivity contribution in [3.05, 3.63) is 81.9 Å². The highest BCUT2D eigenvalue weighted by Gasteiger charge is 2.23. The molecule has 2 N–H and O–H groups in total. The van der Waals surface area contributed by atoms with Crippen LogP contribution >= 0.6 is 0 Å². The number of aromatic nitrogens is 5. The molecule has 8 nitrogen and oxygen atoms in total. The number of H-pyrrole nitrogens is 1. The Balaban J connectivity index is 1.95. The van der Waals surface area contributed by atoms with Crippen LogP contribution in [0.1, 0.15) is 17.0 Å². The Morgan fingerprint density at radius 3 is 2.63 bits per heavy atom. The van der Waals surface area contributed by atoms with E-state index >= 15 is 0 Å². The number of benzene rings is 2. The van der Waals surface area contributed by atoms with E-state index in [2.05, 4.69) is 25.6 Å². The molecular weight excluding hydrogens is 344 g/mol. The molecule has 0 aliphatic heterocycles. The largest absolute Gasteiger partial charge is 0.506 e. The lowest BCUT2D eigenvalue weighted by Crippen LogP contribution is -2.26. The molecule has 0 bridgehead atoms. The van der Waals surface area contributed by atoms with Crippen LogP contribution in [0, 0.1) is 0 Å². The minimum atomic E-state index is -0.386. The first kappa shape index (κ1) is 16.6. The number of pyridine rings is 1. The Kier molecular flexibility index (Phi) is 4.21. The van der Waals surface area contributed by atoms with Gasteiger partial charge in [0.1, 0.15) is 17.0 Å². The van der Waals surface area contributed by atoms with Gasteiger partial charge in [-0.3, -0.25) is 9.79 Å². The van der Waals surface area contributed by atoms with Crippen molar-refractivity contribution in [2.45, 2.75) is 6.54 Å². The maximum atomic E-state index is 13.0. The van der Waals surface area contributed by atoms with Gasteiger partial charge in [0.2, 0.25) is 5.82 Å². The van der Waals surface area contributed by atoms with Crippen molar-refractivity contribution in [1.29, 1.82) is 0 Å². The number of nitrogens with zero attached hydrogens (tertiary/aromatic N) is 5. The second kappa shape index (κ2) is 6.83. The lowest BCUT2D eigenvalue weighted by Gasteiger charge is -2.12. The van der Waals surface area contributed by atoms with Crippen molar-refractivity contribution in [3.63, 3.8) is 0 Å². The third-order valence-corrected chi connectivity index (χ3v) is 4.33. The van der Waals surface area contributed by atoms with Crippen molar-refractivity contribution in [2.75, 3.05) is 0 Å². The van der Waals surface area contributed by atoms with Crippen LogP contribution in [-0.2, 0) is 13.6 Å². The molecule has 0 saturated heterocycles. The van der Waals surface area contributed by atoms with E-state index < -0.39 is 0 Å². The lowest BCUT2D eigenvalue weighted by molar-refractivity contribution is 0.478. The monoisotopic (exact) mass is 360 g/mol. The number of aliphatic imine (C=N–C) groups is 1. The van der Waals surface area contributed by atoms with Crippen molar-refractivity contribution in [2.24, 2.45) is 12.0 Å². The van der Waals surface area contributed by atoms with Crippen LogP contribution in [0.15, 0.2) is 64.4 Å². The predicted octanol–water partition coefficient (Wildman–Crippen LogP) is 1.79. The summed E-state index contributed by atoms with van der Waals surface area (Å²) in [6, 6.07) is 16.7. The molecule has 2 heterocycles. The van der Waals surface area contributed by atoms with Gasteiger partial charge in [0.25, 0.3) is 5.56 Å². The fraction of sp³-hybridized carbons (Fsp3) is 0.105. The third-order valence-electron chi connectivity index (χ3n) is 4.33. The summed E-state index contributed by atoms with van der Waals surface area (Å²) in [7, 11) is 1.65. The molecule has 2 aromatic heterocycles. The van der Waals surface area contributed by atoms with Crippen LogP contribution in [0.4, 0.5) is 0 Å². The van der Waals surface area contributed by atoms with Gasteiger partial charge in [-0.1, -0.05) is 42.5 Å². The van der Waals surface area contributed by atoms with E-state index in [-0.39, 0.29) is 28.4 Å². The topological polar surface area (TPSA) is 109 Å². The second-order valence-electron chi connectivity index (χ2n) is 5.99. The van der Waals surface area contributed by atoms with Gasteiger partial charge in [-0.15, -0.1) is 10.2 Å². The van der Waals surface area contributed by atoms with E-state index in [0.29, 0.717) is 17.4 Å². The summed E-state index contributed by atoms with van der Waals surface area (Å²) in [5.74, 6) is -0.000996. The van der Waals surface area contributed by atoms with E-state index in [9.17, 15) is 9.90 Å². The van der Waals surface area contributed by atoms with Gasteiger partial charge in [0.05, 0.1) is 12.1 Å². The number of fused-ring (bicyclic) bond motifs is 1. The number of hydrogen-bond acceptors (Lipinski definition) is 6. The Hall–Kier alpha value is -3.81. The van der Waals surface area contributed by atoms with Crippen LogP contribution in [-0.4, -0.2) is 36.0 Å². The van der Waals surface area contributed by atoms with Gasteiger partial charge >= 0.3 is 0 Å². The van der Waals surface area contributed by atoms with Gasteiger partial charge < -0.3 is 9.67 Å². The van der Waals surface area contributed by atoms with Gasteiger partial charge in [-0.25, -0.2) is 0 Å². The Morgan fingerprint density at radius 2 is 1.89 bits per heavy atom. The van der Waals surface area contributed by atoms with Crippen LogP contribution in [0.2, 0.25) is 0 Å². The van der Waals surface area contributed by atoms with Crippen LogP contribution in [0.3, 0.4) is 0 Å². The van der Waals surface area contributed by atoms with Crippen molar-refractivity contribution in [1.82, 2.24) is 25.2 Å². The molecule has 0 saturated carbocycles. The average Bonchev–Trinajstić information content (AvgIpc) is 3.24. The van der Waals surface area contributed by atoms with Crippen LogP contribution < -0.4 is 5.56 Å². The molecule has 0 unspecified atom stereocenters. The zero-order chi connectivity index (χ0) is 18.8. The predicted molar refractivity (Wildman–Crippen MR) is 101 cm³/mol. The summed E-state index contributed by atoms with van der Waals surface area (Å²) in [5.41, 5.74) is 1.43. The molecule has 0 aliphatic carbocycles. The van der Waals surface area contributed by atoms with Crippen molar-refractivity contribution < 1.29 is 5.11 Å². The molecule has 0 amide bonds. The number of tetrazole rings is 1. The highest BCUT2D eigenvalue weighted by Crippen LogP contribution is 2.27. The first-order valence-corrected chi connectivity index (χ1v) is 8.30. The summed E-state index contributed by atoms with van der Waals surface area (Å²) in [6.07, 6.45) is 0. The molecule has 0 aliphatic rings. The molecule has 27 heavy (non-hydrogen) atoms. The zero-order valence-electron chi connectivity index (χ0n) is 14.5. The van der Waals surface area contributed by atoms with Crippen LogP contribution in [0.5, 0.6) is 5.75 Å². The van der Waals surface area contributed by atoms with Crippen molar-refractivity contribution >= 4 is 16.6 Å². The molecule has 0 fully saturated rings. The molecular formula is C19H16N6O2. The number of hydrogen-bond donors (Lipinski definition) is 2. The van der Waals surface area contributed by atoms with E-state index in [1.807, 2.05) is 36.4 Å². The summed E-state index contributed by atoms with van der Waals surface area (Å²) < 4.78 is 1.47. The summed E-state index contributed by atoms with van der Waals surface area (Å²) >= 11 is 0. The molecule has 2 aromatic carbocycles. The summed E-state index contributed by atoms with van der Waals surface area (Å²) in [5, 5.41) is 25.2. The number of rotatable bonds is 4. The third kappa shape index (κ3) is 2.97. The van der Waals surface area contributed by atoms with Gasteiger partial charge in [-0.05, 0) is 22.9 Å². The lowest BCUT2D eigenvalue weighted by atomic mass is 10.1. The number of para-hydroxylation sites is 1. The van der Waals surface area contributed by atoms with E-state index in [1.54, 1.807) is 25.2 Å².